The largest absolute Gasteiger partial charge is 0.310 e. The molecular formula is C68H74N2. The van der Waals surface area contributed by atoms with Crippen molar-refractivity contribution >= 4 is 44.9 Å². The predicted octanol–water partition coefficient (Wildman–Crippen LogP) is 19.6. The lowest BCUT2D eigenvalue weighted by atomic mass is 9.63. The lowest BCUT2D eigenvalue weighted by Crippen LogP contribution is -2.28. The zero-order chi connectivity index (χ0) is 50.1. The molecule has 2 aliphatic rings. The molecule has 0 fully saturated rings. The van der Waals surface area contributed by atoms with Gasteiger partial charge in [-0.1, -0.05) is 196 Å². The van der Waals surface area contributed by atoms with Crippen LogP contribution >= 0.6 is 0 Å². The van der Waals surface area contributed by atoms with E-state index in [0.29, 0.717) is 0 Å². The van der Waals surface area contributed by atoms with Crippen LogP contribution in [0, 0.1) is 0 Å². The van der Waals surface area contributed by atoms with Crippen molar-refractivity contribution in [2.45, 2.75) is 143 Å². The summed E-state index contributed by atoms with van der Waals surface area (Å²) < 4.78 is 0. The Labute approximate surface area is 420 Å². The third-order valence-corrected chi connectivity index (χ3v) is 15.9. The summed E-state index contributed by atoms with van der Waals surface area (Å²) in [5, 5.41) is 2.80. The normalized spacial score (nSPS) is 14.8. The van der Waals surface area contributed by atoms with E-state index in [1.807, 2.05) is 0 Å². The molecule has 356 valence electrons. The monoisotopic (exact) mass is 919 g/mol. The molecule has 0 aromatic heterocycles. The van der Waals surface area contributed by atoms with Crippen LogP contribution in [0.1, 0.15) is 155 Å². The lowest BCUT2D eigenvalue weighted by Gasteiger charge is -2.41. The third-order valence-electron chi connectivity index (χ3n) is 15.9. The second kappa shape index (κ2) is 16.1. The lowest BCUT2D eigenvalue weighted by molar-refractivity contribution is 0.590. The van der Waals surface area contributed by atoms with Gasteiger partial charge < -0.3 is 9.80 Å². The molecule has 0 unspecified atom stereocenters. The fraction of sp³-hybridized carbons (Fsp3) is 0.324. The SMILES string of the molecule is CC(C)(C)c1ccc(N(c2ccc(C(C)(C)C)cc2)c2ccc3c(c2)C(C)(C)c2ccc4c5c(ccc-3c25)-c2ccc(N(c3ccc(C(C)(C)C)cc3)c3ccc(C(C)(C)C)cc3)cc2C4(C)C)cc1. The fourth-order valence-corrected chi connectivity index (χ4v) is 11.5. The van der Waals surface area contributed by atoms with Gasteiger partial charge in [-0.3, -0.25) is 0 Å². The number of fused-ring (bicyclic) bond motifs is 4. The molecule has 8 aromatic rings. The Morgan fingerprint density at radius 3 is 0.729 bits per heavy atom. The van der Waals surface area contributed by atoms with Gasteiger partial charge in [0.25, 0.3) is 0 Å². The van der Waals surface area contributed by atoms with Gasteiger partial charge in [-0.15, -0.1) is 0 Å². The first-order valence-corrected chi connectivity index (χ1v) is 25.7. The quantitative estimate of drug-likeness (QED) is 0.164. The van der Waals surface area contributed by atoms with E-state index < -0.39 is 0 Å². The minimum Gasteiger partial charge on any atom is -0.310 e. The van der Waals surface area contributed by atoms with Gasteiger partial charge in [-0.05, 0) is 172 Å². The van der Waals surface area contributed by atoms with Gasteiger partial charge >= 0.3 is 0 Å². The van der Waals surface area contributed by atoms with Gasteiger partial charge in [0.05, 0.1) is 0 Å². The van der Waals surface area contributed by atoms with Crippen molar-refractivity contribution in [3.05, 3.63) is 202 Å². The van der Waals surface area contributed by atoms with Crippen LogP contribution in [0.4, 0.5) is 34.1 Å². The van der Waals surface area contributed by atoms with Crippen molar-refractivity contribution in [2.24, 2.45) is 0 Å². The number of nitrogens with zero attached hydrogens (tertiary/aromatic N) is 2. The van der Waals surface area contributed by atoms with E-state index in [2.05, 4.69) is 278 Å². The molecule has 0 heterocycles. The first-order chi connectivity index (χ1) is 32.7. The van der Waals surface area contributed by atoms with Gasteiger partial charge in [0.1, 0.15) is 0 Å². The summed E-state index contributed by atoms with van der Waals surface area (Å²) in [5.41, 5.74) is 22.9. The zero-order valence-corrected chi connectivity index (χ0v) is 44.9. The standard InChI is InChI=1S/C68H74N2/c1-63(2,3)43-17-25-47(26-18-43)69(48-27-19-44(20-28-48)64(4,5)6)51-33-35-53-55-37-38-56-54-36-34-52(42-60(54)68(15,16)58-40-39-57(61(55)62(56)58)67(13,14)59(53)41-51)70(49-29-21-45(22-30-49)65(7,8)9)50-31-23-46(24-32-50)66(10,11)12/h17-42H,1-16H3. The molecule has 0 atom stereocenters. The number of anilines is 6. The number of hydrogen-bond acceptors (Lipinski definition) is 2. The van der Waals surface area contributed by atoms with E-state index in [0.717, 1.165) is 22.7 Å². The molecule has 0 N–H and O–H groups in total. The highest BCUT2D eigenvalue weighted by atomic mass is 15.1. The maximum absolute atomic E-state index is 2.48. The molecule has 2 nitrogen and oxygen atoms in total. The molecule has 10 rings (SSSR count). The molecule has 2 heteroatoms. The summed E-state index contributed by atoms with van der Waals surface area (Å²) in [5.74, 6) is 0. The molecule has 0 aliphatic heterocycles. The molecule has 0 amide bonds. The second-order valence-electron chi connectivity index (χ2n) is 25.6. The molecule has 70 heavy (non-hydrogen) atoms. The topological polar surface area (TPSA) is 6.48 Å². The van der Waals surface area contributed by atoms with Crippen LogP contribution in [0.3, 0.4) is 0 Å². The number of hydrogen-bond donors (Lipinski definition) is 0. The van der Waals surface area contributed by atoms with Crippen molar-refractivity contribution in [1.29, 1.82) is 0 Å². The van der Waals surface area contributed by atoms with Crippen molar-refractivity contribution in [2.75, 3.05) is 9.80 Å². The van der Waals surface area contributed by atoms with E-state index in [1.165, 1.54) is 88.9 Å². The van der Waals surface area contributed by atoms with Crippen molar-refractivity contribution in [3.63, 3.8) is 0 Å². The summed E-state index contributed by atoms with van der Waals surface area (Å²) in [4.78, 5) is 4.89. The summed E-state index contributed by atoms with van der Waals surface area (Å²) >= 11 is 0. The Kier molecular flexibility index (Phi) is 10.9. The van der Waals surface area contributed by atoms with Crippen LogP contribution in [0.15, 0.2) is 158 Å². The Morgan fingerprint density at radius 1 is 0.257 bits per heavy atom. The molecule has 0 radical (unpaired) electrons. The molecular weight excluding hydrogens is 845 g/mol. The van der Waals surface area contributed by atoms with Crippen molar-refractivity contribution in [3.8, 4) is 22.3 Å². The molecule has 2 aliphatic carbocycles. The highest BCUT2D eigenvalue weighted by Gasteiger charge is 2.40. The molecule has 0 saturated carbocycles. The Bertz CT molecular complexity index is 2960. The van der Waals surface area contributed by atoms with Gasteiger partial charge in [0.15, 0.2) is 0 Å². The molecule has 0 saturated heterocycles. The Morgan fingerprint density at radius 2 is 0.486 bits per heavy atom. The highest BCUT2D eigenvalue weighted by molar-refractivity contribution is 6.13. The van der Waals surface area contributed by atoms with Gasteiger partial charge in [-0.25, -0.2) is 0 Å². The minimum absolute atomic E-state index is 0.0718. The molecule has 8 aromatic carbocycles. The van der Waals surface area contributed by atoms with Crippen molar-refractivity contribution < 1.29 is 0 Å². The van der Waals surface area contributed by atoms with E-state index in [4.69, 9.17) is 0 Å². The van der Waals surface area contributed by atoms with Crippen LogP contribution < -0.4 is 9.80 Å². The smallest absolute Gasteiger partial charge is 0.0465 e. The third kappa shape index (κ3) is 7.87. The average molecular weight is 919 g/mol. The van der Waals surface area contributed by atoms with E-state index >= 15 is 0 Å². The summed E-state index contributed by atoms with van der Waals surface area (Å²) in [6, 6.07) is 61.1. The Balaban J connectivity index is 1.10. The number of rotatable bonds is 6. The Hall–Kier alpha value is -6.38. The zero-order valence-electron chi connectivity index (χ0n) is 44.9. The van der Waals surface area contributed by atoms with Gasteiger partial charge in [0.2, 0.25) is 0 Å². The van der Waals surface area contributed by atoms with Gasteiger partial charge in [-0.2, -0.15) is 0 Å². The van der Waals surface area contributed by atoms with E-state index in [9.17, 15) is 0 Å². The van der Waals surface area contributed by atoms with E-state index in [1.54, 1.807) is 0 Å². The maximum atomic E-state index is 2.48. The van der Waals surface area contributed by atoms with E-state index in [-0.39, 0.29) is 32.5 Å². The van der Waals surface area contributed by atoms with Crippen LogP contribution in [0.25, 0.3) is 33.0 Å². The average Bonchev–Trinajstić information content (AvgIpc) is 3.30. The molecule has 0 bridgehead atoms. The summed E-state index contributed by atoms with van der Waals surface area (Å²) in [6.07, 6.45) is 0. The fourth-order valence-electron chi connectivity index (χ4n) is 11.5. The maximum Gasteiger partial charge on any atom is 0.0465 e. The van der Waals surface area contributed by atoms with Crippen LogP contribution in [0.2, 0.25) is 0 Å². The second-order valence-corrected chi connectivity index (χ2v) is 25.6. The predicted molar refractivity (Wildman–Crippen MR) is 303 cm³/mol. The van der Waals surface area contributed by atoms with Crippen LogP contribution in [0.5, 0.6) is 0 Å². The first kappa shape index (κ1) is 47.3. The van der Waals surface area contributed by atoms with Crippen LogP contribution in [-0.4, -0.2) is 0 Å². The molecule has 0 spiro atoms. The number of benzene rings is 8. The van der Waals surface area contributed by atoms with Crippen molar-refractivity contribution in [1.82, 2.24) is 0 Å². The van der Waals surface area contributed by atoms with Gasteiger partial charge in [0, 0.05) is 45.0 Å². The first-order valence-electron chi connectivity index (χ1n) is 25.7. The minimum atomic E-state index is -0.257. The summed E-state index contributed by atoms with van der Waals surface area (Å²) in [7, 11) is 0. The van der Waals surface area contributed by atoms with Crippen LogP contribution in [-0.2, 0) is 32.5 Å². The highest BCUT2D eigenvalue weighted by Crippen LogP contribution is 2.57. The summed E-state index contributed by atoms with van der Waals surface area (Å²) in [6.45, 7) is 37.2.